The van der Waals surface area contributed by atoms with Crippen LogP contribution < -0.4 is 11.5 Å². The topological polar surface area (TPSA) is 115 Å². The van der Waals surface area contributed by atoms with Crippen LogP contribution in [0, 0.1) is 6.92 Å². The molecule has 0 spiro atoms. The van der Waals surface area contributed by atoms with Crippen molar-refractivity contribution in [3.05, 3.63) is 29.1 Å². The average Bonchev–Trinajstić information content (AvgIpc) is 2.17. The highest BCUT2D eigenvalue weighted by atomic mass is 16.4. The maximum absolute atomic E-state index is 10.9. The number of nitrogens with zero attached hydrogens (tertiary/aromatic N) is 2. The Kier molecular flexibility index (Phi) is 2.66. The van der Waals surface area contributed by atoms with Crippen molar-refractivity contribution in [2.75, 3.05) is 0 Å². The molecule has 0 unspecified atom stereocenters. The summed E-state index contributed by atoms with van der Waals surface area (Å²) in [7, 11) is 0. The normalized spacial score (nSPS) is 11.4. The fraction of sp³-hybridized carbons (Fsp3) is 0.125. The minimum absolute atomic E-state index is 0.120. The minimum Gasteiger partial charge on any atom is -0.409 e. The number of pyridine rings is 1. The summed E-state index contributed by atoms with van der Waals surface area (Å²) >= 11 is 0. The van der Waals surface area contributed by atoms with Crippen LogP contribution in [-0.4, -0.2) is 21.9 Å². The van der Waals surface area contributed by atoms with Crippen molar-refractivity contribution < 1.29 is 10.0 Å². The monoisotopic (exact) mass is 194 g/mol. The smallest absolute Gasteiger partial charge is 0.267 e. The van der Waals surface area contributed by atoms with Gasteiger partial charge in [-0.15, -0.1) is 0 Å². The molecule has 74 valence electrons. The number of nitrogens with two attached hydrogens (primary N) is 2. The molecule has 1 rings (SSSR count). The Morgan fingerprint density at radius 2 is 2.14 bits per heavy atom. The molecule has 6 heteroatoms. The Morgan fingerprint density at radius 1 is 1.50 bits per heavy atom. The summed E-state index contributed by atoms with van der Waals surface area (Å²) in [5.74, 6) is -0.803. The third-order valence-electron chi connectivity index (χ3n) is 1.70. The van der Waals surface area contributed by atoms with Gasteiger partial charge in [-0.1, -0.05) is 11.2 Å². The van der Waals surface area contributed by atoms with Gasteiger partial charge < -0.3 is 16.7 Å². The van der Waals surface area contributed by atoms with E-state index in [2.05, 4.69) is 10.1 Å². The molecule has 0 aromatic carbocycles. The van der Waals surface area contributed by atoms with Crippen LogP contribution >= 0.6 is 0 Å². The van der Waals surface area contributed by atoms with Gasteiger partial charge in [-0.25, -0.2) is 4.98 Å². The van der Waals surface area contributed by atoms with Gasteiger partial charge in [0, 0.05) is 0 Å². The molecule has 0 fully saturated rings. The molecule has 0 radical (unpaired) electrons. The molecule has 0 atom stereocenters. The van der Waals surface area contributed by atoms with Gasteiger partial charge in [-0.05, 0) is 18.6 Å². The maximum Gasteiger partial charge on any atom is 0.267 e. The van der Waals surface area contributed by atoms with E-state index in [1.807, 2.05) is 0 Å². The Hall–Kier alpha value is -2.11. The maximum atomic E-state index is 10.9. The first-order chi connectivity index (χ1) is 6.56. The molecule has 0 saturated carbocycles. The number of hydrogen-bond donors (Lipinski definition) is 3. The van der Waals surface area contributed by atoms with Crippen molar-refractivity contribution in [1.29, 1.82) is 0 Å². The van der Waals surface area contributed by atoms with Crippen molar-refractivity contribution in [3.8, 4) is 0 Å². The zero-order chi connectivity index (χ0) is 10.7. The number of aryl methyl sites for hydroxylation is 1. The summed E-state index contributed by atoms with van der Waals surface area (Å²) in [5, 5.41) is 11.2. The Balaban J connectivity index is 3.26. The van der Waals surface area contributed by atoms with Gasteiger partial charge in [0.05, 0.1) is 0 Å². The van der Waals surface area contributed by atoms with Gasteiger partial charge in [0.25, 0.3) is 5.91 Å². The number of amidine groups is 1. The molecule has 5 N–H and O–H groups in total. The van der Waals surface area contributed by atoms with E-state index in [1.165, 1.54) is 6.07 Å². The van der Waals surface area contributed by atoms with Gasteiger partial charge in [-0.3, -0.25) is 4.79 Å². The van der Waals surface area contributed by atoms with E-state index in [4.69, 9.17) is 16.7 Å². The number of rotatable bonds is 2. The molecule has 1 amide bonds. The number of primary amides is 1. The summed E-state index contributed by atoms with van der Waals surface area (Å²) in [4.78, 5) is 14.8. The molecule has 14 heavy (non-hydrogen) atoms. The standard InChI is InChI=1S/C8H10N4O2/c1-4-2-3-5(7(9)12-14)11-6(4)8(10)13/h2-3,14H,1H3,(H2,9,12)(H2,10,13). The second kappa shape index (κ2) is 3.73. The quantitative estimate of drug-likeness (QED) is 0.257. The number of carbonyl (C=O) groups excluding carboxylic acids is 1. The molecule has 0 aliphatic rings. The molecular formula is C8H10N4O2. The molecule has 1 aromatic heterocycles. The fourth-order valence-electron chi connectivity index (χ4n) is 0.972. The first kappa shape index (κ1) is 9.97. The van der Waals surface area contributed by atoms with Crippen LogP contribution in [-0.2, 0) is 0 Å². The fourth-order valence-corrected chi connectivity index (χ4v) is 0.972. The van der Waals surface area contributed by atoms with E-state index >= 15 is 0 Å². The van der Waals surface area contributed by atoms with Gasteiger partial charge >= 0.3 is 0 Å². The highest BCUT2D eigenvalue weighted by Crippen LogP contribution is 2.05. The zero-order valence-electron chi connectivity index (χ0n) is 7.56. The van der Waals surface area contributed by atoms with E-state index in [0.717, 1.165) is 0 Å². The number of oxime groups is 1. The van der Waals surface area contributed by atoms with Gasteiger partial charge in [0.15, 0.2) is 5.84 Å². The van der Waals surface area contributed by atoms with E-state index < -0.39 is 5.91 Å². The van der Waals surface area contributed by atoms with Crippen LogP contribution in [0.4, 0.5) is 0 Å². The van der Waals surface area contributed by atoms with Crippen molar-refractivity contribution in [2.24, 2.45) is 16.6 Å². The molecular weight excluding hydrogens is 184 g/mol. The lowest BCUT2D eigenvalue weighted by atomic mass is 10.2. The molecule has 0 saturated heterocycles. The summed E-state index contributed by atoms with van der Waals surface area (Å²) in [5.41, 5.74) is 11.4. The van der Waals surface area contributed by atoms with Crippen molar-refractivity contribution in [1.82, 2.24) is 4.98 Å². The predicted molar refractivity (Wildman–Crippen MR) is 50.0 cm³/mol. The third-order valence-corrected chi connectivity index (χ3v) is 1.70. The van der Waals surface area contributed by atoms with Gasteiger partial charge in [-0.2, -0.15) is 0 Å². The second-order valence-electron chi connectivity index (χ2n) is 2.71. The summed E-state index contributed by atoms with van der Waals surface area (Å²) in [6, 6.07) is 3.16. The summed E-state index contributed by atoms with van der Waals surface area (Å²) < 4.78 is 0. The lowest BCUT2D eigenvalue weighted by Crippen LogP contribution is -2.20. The van der Waals surface area contributed by atoms with Crippen LogP contribution in [0.1, 0.15) is 21.7 Å². The van der Waals surface area contributed by atoms with Crippen molar-refractivity contribution in [2.45, 2.75) is 6.92 Å². The van der Waals surface area contributed by atoms with E-state index in [9.17, 15) is 4.79 Å². The van der Waals surface area contributed by atoms with E-state index in [0.29, 0.717) is 5.56 Å². The SMILES string of the molecule is Cc1ccc(C(N)=NO)nc1C(N)=O. The van der Waals surface area contributed by atoms with E-state index in [1.54, 1.807) is 13.0 Å². The largest absolute Gasteiger partial charge is 0.409 e. The van der Waals surface area contributed by atoms with Crippen molar-refractivity contribution >= 4 is 11.7 Å². The first-order valence-corrected chi connectivity index (χ1v) is 3.81. The molecule has 1 aromatic rings. The third kappa shape index (κ3) is 1.79. The second-order valence-corrected chi connectivity index (χ2v) is 2.71. The van der Waals surface area contributed by atoms with Crippen LogP contribution in [0.15, 0.2) is 17.3 Å². The Bertz CT molecular complexity index is 400. The molecule has 0 aliphatic heterocycles. The van der Waals surface area contributed by atoms with Gasteiger partial charge in [0.2, 0.25) is 0 Å². The summed E-state index contributed by atoms with van der Waals surface area (Å²) in [6.07, 6.45) is 0. The minimum atomic E-state index is -0.643. The number of amides is 1. The molecule has 1 heterocycles. The Labute approximate surface area is 80.2 Å². The van der Waals surface area contributed by atoms with Crippen LogP contribution in [0.3, 0.4) is 0 Å². The highest BCUT2D eigenvalue weighted by molar-refractivity contribution is 5.98. The number of hydrogen-bond acceptors (Lipinski definition) is 4. The lowest BCUT2D eigenvalue weighted by Gasteiger charge is -2.03. The van der Waals surface area contributed by atoms with Gasteiger partial charge in [0.1, 0.15) is 11.4 Å². The van der Waals surface area contributed by atoms with Crippen LogP contribution in [0.5, 0.6) is 0 Å². The molecule has 6 nitrogen and oxygen atoms in total. The van der Waals surface area contributed by atoms with Crippen LogP contribution in [0.25, 0.3) is 0 Å². The number of carbonyl (C=O) groups is 1. The predicted octanol–water partition coefficient (Wildman–Crippen LogP) is -0.417. The Morgan fingerprint density at radius 3 is 2.64 bits per heavy atom. The lowest BCUT2D eigenvalue weighted by molar-refractivity contribution is 0.0995. The first-order valence-electron chi connectivity index (χ1n) is 3.81. The number of aromatic nitrogens is 1. The molecule has 0 aliphatic carbocycles. The van der Waals surface area contributed by atoms with Crippen molar-refractivity contribution in [3.63, 3.8) is 0 Å². The highest BCUT2D eigenvalue weighted by Gasteiger charge is 2.09. The average molecular weight is 194 g/mol. The van der Waals surface area contributed by atoms with E-state index in [-0.39, 0.29) is 17.2 Å². The van der Waals surface area contributed by atoms with Crippen LogP contribution in [0.2, 0.25) is 0 Å². The molecule has 0 bridgehead atoms. The zero-order valence-corrected chi connectivity index (χ0v) is 7.56. The summed E-state index contributed by atoms with van der Waals surface area (Å²) in [6.45, 7) is 1.70.